The Kier molecular flexibility index (Phi) is 1.85. The molecule has 0 bridgehead atoms. The molecule has 3 rings (SSSR count). The van der Waals surface area contributed by atoms with Gasteiger partial charge in [-0.25, -0.2) is 0 Å². The summed E-state index contributed by atoms with van der Waals surface area (Å²) in [6.07, 6.45) is 0. The minimum atomic E-state index is 0.495. The van der Waals surface area contributed by atoms with E-state index in [-0.39, 0.29) is 0 Å². The standard InChI is InChI=1S/C10H9BrN2O/c11-7-1-2-9-8(3-7)10(13-12-9)6-4-14-5-6/h1-3,6H,4-5H2,(H,12,13). The maximum atomic E-state index is 5.18. The fourth-order valence-corrected chi connectivity index (χ4v) is 2.08. The van der Waals surface area contributed by atoms with Crippen molar-refractivity contribution in [1.29, 1.82) is 0 Å². The van der Waals surface area contributed by atoms with Gasteiger partial charge < -0.3 is 4.74 Å². The lowest BCUT2D eigenvalue weighted by Gasteiger charge is -2.24. The van der Waals surface area contributed by atoms with Crippen molar-refractivity contribution >= 4 is 26.8 Å². The number of nitrogens with one attached hydrogen (secondary N) is 1. The van der Waals surface area contributed by atoms with Crippen LogP contribution in [0, 0.1) is 0 Å². The Morgan fingerprint density at radius 1 is 1.43 bits per heavy atom. The van der Waals surface area contributed by atoms with Gasteiger partial charge in [-0.1, -0.05) is 15.9 Å². The zero-order chi connectivity index (χ0) is 9.54. The summed E-state index contributed by atoms with van der Waals surface area (Å²) in [5.41, 5.74) is 2.22. The smallest absolute Gasteiger partial charge is 0.0924 e. The lowest BCUT2D eigenvalue weighted by atomic mass is 10.0. The van der Waals surface area contributed by atoms with Gasteiger partial charge in [0, 0.05) is 15.8 Å². The van der Waals surface area contributed by atoms with E-state index in [4.69, 9.17) is 4.74 Å². The van der Waals surface area contributed by atoms with E-state index in [2.05, 4.69) is 32.2 Å². The Morgan fingerprint density at radius 3 is 3.00 bits per heavy atom. The van der Waals surface area contributed by atoms with E-state index < -0.39 is 0 Å². The van der Waals surface area contributed by atoms with Crippen molar-refractivity contribution in [2.75, 3.05) is 13.2 Å². The molecule has 3 nitrogen and oxygen atoms in total. The quantitative estimate of drug-likeness (QED) is 0.847. The molecule has 1 aliphatic heterocycles. The molecule has 1 aromatic heterocycles. The maximum Gasteiger partial charge on any atom is 0.0924 e. The Hall–Kier alpha value is -0.870. The lowest BCUT2D eigenvalue weighted by molar-refractivity contribution is 0.00725. The molecule has 1 aliphatic rings. The summed E-state index contributed by atoms with van der Waals surface area (Å²) < 4.78 is 6.27. The van der Waals surface area contributed by atoms with E-state index >= 15 is 0 Å². The number of aromatic nitrogens is 2. The average molecular weight is 253 g/mol. The van der Waals surface area contributed by atoms with E-state index in [1.54, 1.807) is 0 Å². The molecule has 1 aromatic carbocycles. The minimum absolute atomic E-state index is 0.495. The van der Waals surface area contributed by atoms with Gasteiger partial charge in [-0.05, 0) is 18.2 Å². The maximum absolute atomic E-state index is 5.18. The van der Waals surface area contributed by atoms with E-state index in [0.29, 0.717) is 5.92 Å². The third-order valence-electron chi connectivity index (χ3n) is 2.59. The van der Waals surface area contributed by atoms with Gasteiger partial charge in [-0.15, -0.1) is 0 Å². The zero-order valence-corrected chi connectivity index (χ0v) is 9.04. The first-order valence-corrected chi connectivity index (χ1v) is 5.35. The third-order valence-corrected chi connectivity index (χ3v) is 3.09. The molecule has 2 aromatic rings. The van der Waals surface area contributed by atoms with Crippen molar-refractivity contribution in [2.24, 2.45) is 0 Å². The van der Waals surface area contributed by atoms with E-state index in [9.17, 15) is 0 Å². The Labute approximate surface area is 89.6 Å². The van der Waals surface area contributed by atoms with Crippen molar-refractivity contribution in [3.8, 4) is 0 Å². The molecule has 4 heteroatoms. The highest BCUT2D eigenvalue weighted by atomic mass is 79.9. The first-order valence-electron chi connectivity index (χ1n) is 4.56. The predicted octanol–water partition coefficient (Wildman–Crippen LogP) is 2.44. The van der Waals surface area contributed by atoms with E-state index in [1.165, 1.54) is 11.1 Å². The SMILES string of the molecule is Brc1ccc2n[nH]c(C3COC3)c2c1. The predicted molar refractivity (Wildman–Crippen MR) is 57.4 cm³/mol. The molecule has 0 radical (unpaired) electrons. The van der Waals surface area contributed by atoms with Crippen molar-refractivity contribution in [1.82, 2.24) is 10.2 Å². The summed E-state index contributed by atoms with van der Waals surface area (Å²) in [6.45, 7) is 1.62. The lowest BCUT2D eigenvalue weighted by Crippen LogP contribution is -2.25. The molecule has 1 N–H and O–H groups in total. The molecule has 0 atom stereocenters. The molecule has 1 saturated heterocycles. The number of ether oxygens (including phenoxy) is 1. The van der Waals surface area contributed by atoms with Crippen LogP contribution in [0.4, 0.5) is 0 Å². The third kappa shape index (κ3) is 1.18. The molecule has 0 spiro atoms. The van der Waals surface area contributed by atoms with Crippen LogP contribution in [0.1, 0.15) is 11.6 Å². The normalized spacial score (nSPS) is 17.2. The van der Waals surface area contributed by atoms with E-state index in [1.807, 2.05) is 12.1 Å². The molecule has 2 heterocycles. The number of fused-ring (bicyclic) bond motifs is 1. The first-order chi connectivity index (χ1) is 6.84. The Morgan fingerprint density at radius 2 is 2.29 bits per heavy atom. The minimum Gasteiger partial charge on any atom is -0.380 e. The van der Waals surface area contributed by atoms with Crippen LogP contribution in [0.3, 0.4) is 0 Å². The van der Waals surface area contributed by atoms with Crippen molar-refractivity contribution in [3.05, 3.63) is 28.4 Å². The average Bonchev–Trinajstić information content (AvgIpc) is 2.46. The number of hydrogen-bond donors (Lipinski definition) is 1. The molecule has 0 saturated carbocycles. The number of benzene rings is 1. The highest BCUT2D eigenvalue weighted by molar-refractivity contribution is 9.10. The monoisotopic (exact) mass is 252 g/mol. The van der Waals surface area contributed by atoms with Gasteiger partial charge >= 0.3 is 0 Å². The van der Waals surface area contributed by atoms with Crippen molar-refractivity contribution in [2.45, 2.75) is 5.92 Å². The van der Waals surface area contributed by atoms with Gasteiger partial charge in [0.25, 0.3) is 0 Å². The highest BCUT2D eigenvalue weighted by Gasteiger charge is 2.24. The van der Waals surface area contributed by atoms with Crippen LogP contribution in [0.2, 0.25) is 0 Å². The summed E-state index contributed by atoms with van der Waals surface area (Å²) in [5, 5.41) is 8.55. The van der Waals surface area contributed by atoms with Crippen LogP contribution >= 0.6 is 15.9 Å². The first kappa shape index (κ1) is 8.44. The Balaban J connectivity index is 2.18. The van der Waals surface area contributed by atoms with Crippen LogP contribution in [0.25, 0.3) is 10.9 Å². The fraction of sp³-hybridized carbons (Fsp3) is 0.300. The van der Waals surface area contributed by atoms with Crippen LogP contribution in [0.5, 0.6) is 0 Å². The number of rotatable bonds is 1. The number of aromatic amines is 1. The van der Waals surface area contributed by atoms with Crippen LogP contribution < -0.4 is 0 Å². The number of nitrogens with zero attached hydrogens (tertiary/aromatic N) is 1. The van der Waals surface area contributed by atoms with Gasteiger partial charge in [0.15, 0.2) is 0 Å². The summed E-state index contributed by atoms with van der Waals surface area (Å²) >= 11 is 3.47. The highest BCUT2D eigenvalue weighted by Crippen LogP contribution is 2.30. The molecule has 0 amide bonds. The second-order valence-corrected chi connectivity index (χ2v) is 4.45. The molecule has 14 heavy (non-hydrogen) atoms. The molecular formula is C10H9BrN2O. The number of hydrogen-bond acceptors (Lipinski definition) is 2. The van der Waals surface area contributed by atoms with E-state index in [0.717, 1.165) is 23.2 Å². The largest absolute Gasteiger partial charge is 0.380 e. The summed E-state index contributed by atoms with van der Waals surface area (Å²) in [5.74, 6) is 0.495. The van der Waals surface area contributed by atoms with Gasteiger partial charge in [-0.2, -0.15) is 5.10 Å². The number of halogens is 1. The molecule has 0 unspecified atom stereocenters. The van der Waals surface area contributed by atoms with Crippen LogP contribution in [-0.4, -0.2) is 23.4 Å². The number of H-pyrrole nitrogens is 1. The summed E-state index contributed by atoms with van der Waals surface area (Å²) in [4.78, 5) is 0. The van der Waals surface area contributed by atoms with Gasteiger partial charge in [0.2, 0.25) is 0 Å². The fourth-order valence-electron chi connectivity index (χ4n) is 1.72. The van der Waals surface area contributed by atoms with Gasteiger partial charge in [0.1, 0.15) is 0 Å². The Bertz CT molecular complexity index is 476. The summed E-state index contributed by atoms with van der Waals surface area (Å²) in [6, 6.07) is 6.12. The van der Waals surface area contributed by atoms with Crippen molar-refractivity contribution < 1.29 is 4.74 Å². The summed E-state index contributed by atoms with van der Waals surface area (Å²) in [7, 11) is 0. The molecule has 1 fully saturated rings. The molecule has 72 valence electrons. The second kappa shape index (κ2) is 3.07. The molecular weight excluding hydrogens is 244 g/mol. The van der Waals surface area contributed by atoms with Gasteiger partial charge in [0.05, 0.1) is 24.4 Å². The molecule has 0 aliphatic carbocycles. The van der Waals surface area contributed by atoms with Crippen molar-refractivity contribution in [3.63, 3.8) is 0 Å². The zero-order valence-electron chi connectivity index (χ0n) is 7.46. The van der Waals surface area contributed by atoms with Crippen LogP contribution in [0.15, 0.2) is 22.7 Å². The topological polar surface area (TPSA) is 37.9 Å². The van der Waals surface area contributed by atoms with Gasteiger partial charge in [-0.3, -0.25) is 5.10 Å². The second-order valence-electron chi connectivity index (χ2n) is 3.53. The van der Waals surface area contributed by atoms with Crippen LogP contribution in [-0.2, 0) is 4.74 Å².